The van der Waals surface area contributed by atoms with Crippen LogP contribution in [0.1, 0.15) is 32.6 Å². The summed E-state index contributed by atoms with van der Waals surface area (Å²) in [6.45, 7) is 3.06. The van der Waals surface area contributed by atoms with Crippen molar-refractivity contribution in [2.24, 2.45) is 7.05 Å². The lowest BCUT2D eigenvalue weighted by Gasteiger charge is -2.35. The number of aromatic nitrogens is 3. The summed E-state index contributed by atoms with van der Waals surface area (Å²) < 4.78 is 1.96. The molecule has 1 aliphatic heterocycles. The largest absolute Gasteiger partial charge is 0.339 e. The molecule has 1 saturated heterocycles. The molecule has 0 unspecified atom stereocenters. The van der Waals surface area contributed by atoms with Crippen molar-refractivity contribution in [3.8, 4) is 11.4 Å². The zero-order chi connectivity index (χ0) is 16.9. The highest BCUT2D eigenvalue weighted by Crippen LogP contribution is 2.24. The molecule has 128 valence electrons. The van der Waals surface area contributed by atoms with Gasteiger partial charge in [0.1, 0.15) is 0 Å². The summed E-state index contributed by atoms with van der Waals surface area (Å²) in [4.78, 5) is 14.6. The minimum Gasteiger partial charge on any atom is -0.339 e. The predicted octanol–water partition coefficient (Wildman–Crippen LogP) is 3.37. The normalized spacial score (nSPS) is 17.9. The number of hydrogen-bond acceptors (Lipinski definition) is 4. The predicted molar refractivity (Wildman–Crippen MR) is 96.8 cm³/mol. The number of amides is 1. The lowest BCUT2D eigenvalue weighted by molar-refractivity contribution is -0.132. The van der Waals surface area contributed by atoms with Gasteiger partial charge in [-0.25, -0.2) is 0 Å². The molecule has 3 rings (SSSR count). The number of piperidine rings is 1. The van der Waals surface area contributed by atoms with Gasteiger partial charge in [0.15, 0.2) is 11.0 Å². The first-order chi connectivity index (χ1) is 11.7. The smallest absolute Gasteiger partial charge is 0.233 e. The van der Waals surface area contributed by atoms with Crippen molar-refractivity contribution < 1.29 is 4.79 Å². The summed E-state index contributed by atoms with van der Waals surface area (Å²) in [5.41, 5.74) is 1.03. The van der Waals surface area contributed by atoms with Crippen LogP contribution in [0.4, 0.5) is 0 Å². The number of nitrogens with zero attached hydrogens (tertiary/aromatic N) is 4. The maximum absolute atomic E-state index is 12.6. The van der Waals surface area contributed by atoms with Crippen molar-refractivity contribution >= 4 is 17.7 Å². The van der Waals surface area contributed by atoms with Crippen LogP contribution in [0.2, 0.25) is 0 Å². The molecule has 0 saturated carbocycles. The number of carbonyl (C=O) groups is 1. The Kier molecular flexibility index (Phi) is 5.56. The van der Waals surface area contributed by atoms with Crippen LogP contribution < -0.4 is 0 Å². The van der Waals surface area contributed by atoms with Gasteiger partial charge in [-0.2, -0.15) is 0 Å². The van der Waals surface area contributed by atoms with E-state index in [9.17, 15) is 4.79 Å². The number of hydrogen-bond donors (Lipinski definition) is 0. The van der Waals surface area contributed by atoms with Crippen molar-refractivity contribution in [3.05, 3.63) is 30.3 Å². The van der Waals surface area contributed by atoms with Crippen LogP contribution in [0.25, 0.3) is 11.4 Å². The second-order valence-corrected chi connectivity index (χ2v) is 7.11. The molecule has 0 radical (unpaired) electrons. The van der Waals surface area contributed by atoms with Gasteiger partial charge in [-0.15, -0.1) is 10.2 Å². The molecule has 1 aliphatic rings. The molecule has 1 fully saturated rings. The van der Waals surface area contributed by atoms with Gasteiger partial charge in [0.2, 0.25) is 5.91 Å². The summed E-state index contributed by atoms with van der Waals surface area (Å²) in [5, 5.41) is 9.31. The van der Waals surface area contributed by atoms with Crippen molar-refractivity contribution in [2.75, 3.05) is 12.3 Å². The minimum absolute atomic E-state index is 0.218. The number of carbonyl (C=O) groups excluding carboxylic acids is 1. The van der Waals surface area contributed by atoms with E-state index in [0.29, 0.717) is 11.8 Å². The topological polar surface area (TPSA) is 51.0 Å². The van der Waals surface area contributed by atoms with E-state index in [-0.39, 0.29) is 5.91 Å². The second-order valence-electron chi connectivity index (χ2n) is 6.16. The molecule has 2 heterocycles. The molecular weight excluding hydrogens is 320 g/mol. The first-order valence-electron chi connectivity index (χ1n) is 8.57. The van der Waals surface area contributed by atoms with Gasteiger partial charge in [-0.3, -0.25) is 4.79 Å². The number of benzene rings is 1. The molecule has 0 bridgehead atoms. The Morgan fingerprint density at radius 3 is 2.79 bits per heavy atom. The standard InChI is InChI=1S/C18H24N4OS/c1-3-15-11-7-8-12-22(15)16(23)13-24-18-20-19-17(21(18)2)14-9-5-4-6-10-14/h4-6,9-10,15H,3,7-8,11-13H2,1-2H3/t15-/m1/s1. The third kappa shape index (κ3) is 3.64. The van der Waals surface area contributed by atoms with E-state index in [1.54, 1.807) is 0 Å². The lowest BCUT2D eigenvalue weighted by atomic mass is 10.0. The summed E-state index contributed by atoms with van der Waals surface area (Å²) >= 11 is 1.47. The Balaban J connectivity index is 1.65. The first-order valence-corrected chi connectivity index (χ1v) is 9.56. The number of likely N-dealkylation sites (tertiary alicyclic amines) is 1. The van der Waals surface area contributed by atoms with E-state index < -0.39 is 0 Å². The van der Waals surface area contributed by atoms with Gasteiger partial charge < -0.3 is 9.47 Å². The third-order valence-corrected chi connectivity index (χ3v) is 5.62. The van der Waals surface area contributed by atoms with Crippen molar-refractivity contribution in [2.45, 2.75) is 43.8 Å². The molecule has 0 spiro atoms. The average molecular weight is 344 g/mol. The average Bonchev–Trinajstić information content (AvgIpc) is 3.01. The Bertz CT molecular complexity index is 686. The van der Waals surface area contributed by atoms with Crippen LogP contribution in [0.3, 0.4) is 0 Å². The highest BCUT2D eigenvalue weighted by Gasteiger charge is 2.25. The van der Waals surface area contributed by atoms with Gasteiger partial charge in [-0.05, 0) is 25.7 Å². The van der Waals surface area contributed by atoms with Gasteiger partial charge >= 0.3 is 0 Å². The summed E-state index contributed by atoms with van der Waals surface area (Å²) in [6.07, 6.45) is 4.53. The van der Waals surface area contributed by atoms with E-state index in [4.69, 9.17) is 0 Å². The fraction of sp³-hybridized carbons (Fsp3) is 0.500. The van der Waals surface area contributed by atoms with E-state index >= 15 is 0 Å². The molecule has 0 N–H and O–H groups in total. The minimum atomic E-state index is 0.218. The highest BCUT2D eigenvalue weighted by molar-refractivity contribution is 7.99. The molecular formula is C18H24N4OS. The quantitative estimate of drug-likeness (QED) is 0.781. The van der Waals surface area contributed by atoms with Crippen molar-refractivity contribution in [3.63, 3.8) is 0 Å². The van der Waals surface area contributed by atoms with Crippen LogP contribution in [-0.2, 0) is 11.8 Å². The molecule has 1 aromatic carbocycles. The Hall–Kier alpha value is -1.82. The first kappa shape index (κ1) is 17.0. The molecule has 0 aliphatic carbocycles. The van der Waals surface area contributed by atoms with E-state index in [1.807, 2.05) is 41.9 Å². The Labute approximate surface area is 147 Å². The monoisotopic (exact) mass is 344 g/mol. The molecule has 1 atom stereocenters. The molecule has 5 nitrogen and oxygen atoms in total. The Morgan fingerprint density at radius 2 is 2.04 bits per heavy atom. The SMILES string of the molecule is CC[C@@H]1CCCCN1C(=O)CSc1nnc(-c2ccccc2)n1C. The molecule has 6 heteroatoms. The van der Waals surface area contributed by atoms with Crippen LogP contribution in [0, 0.1) is 0 Å². The second kappa shape index (κ2) is 7.83. The summed E-state index contributed by atoms with van der Waals surface area (Å²) in [5.74, 6) is 1.47. The molecule has 1 aromatic heterocycles. The molecule has 1 amide bonds. The van der Waals surface area contributed by atoms with Gasteiger partial charge in [0.05, 0.1) is 5.75 Å². The highest BCUT2D eigenvalue weighted by atomic mass is 32.2. The van der Waals surface area contributed by atoms with Crippen LogP contribution in [-0.4, -0.2) is 43.9 Å². The zero-order valence-electron chi connectivity index (χ0n) is 14.3. The van der Waals surface area contributed by atoms with Crippen molar-refractivity contribution in [1.29, 1.82) is 0 Å². The number of thioether (sulfide) groups is 1. The number of rotatable bonds is 5. The maximum Gasteiger partial charge on any atom is 0.233 e. The van der Waals surface area contributed by atoms with Gasteiger partial charge in [0, 0.05) is 25.2 Å². The van der Waals surface area contributed by atoms with Crippen molar-refractivity contribution in [1.82, 2.24) is 19.7 Å². The fourth-order valence-electron chi connectivity index (χ4n) is 3.24. The van der Waals surface area contributed by atoms with Crippen LogP contribution >= 0.6 is 11.8 Å². The van der Waals surface area contributed by atoms with Gasteiger partial charge in [0.25, 0.3) is 0 Å². The lowest BCUT2D eigenvalue weighted by Crippen LogP contribution is -2.44. The third-order valence-electron chi connectivity index (χ3n) is 4.61. The maximum atomic E-state index is 12.6. The fourth-order valence-corrected chi connectivity index (χ4v) is 4.04. The molecule has 24 heavy (non-hydrogen) atoms. The van der Waals surface area contributed by atoms with Gasteiger partial charge in [-0.1, -0.05) is 49.0 Å². The zero-order valence-corrected chi connectivity index (χ0v) is 15.1. The van der Waals surface area contributed by atoms with E-state index in [1.165, 1.54) is 18.2 Å². The van der Waals surface area contributed by atoms with E-state index in [2.05, 4.69) is 22.0 Å². The van der Waals surface area contributed by atoms with Crippen LogP contribution in [0.5, 0.6) is 0 Å². The van der Waals surface area contributed by atoms with Crippen LogP contribution in [0.15, 0.2) is 35.5 Å². The Morgan fingerprint density at radius 1 is 1.25 bits per heavy atom. The summed E-state index contributed by atoms with van der Waals surface area (Å²) in [7, 11) is 1.95. The van der Waals surface area contributed by atoms with E-state index in [0.717, 1.165) is 42.4 Å². The summed E-state index contributed by atoms with van der Waals surface area (Å²) in [6, 6.07) is 10.4. The molecule has 2 aromatic rings.